The number of carbonyl (C=O) groups is 1. The van der Waals surface area contributed by atoms with Gasteiger partial charge >= 0.3 is 5.97 Å². The molecule has 0 saturated carbocycles. The molecule has 3 N–H and O–H groups in total. The van der Waals surface area contributed by atoms with Crippen LogP contribution in [0.25, 0.3) is 11.3 Å². The zero-order valence-electron chi connectivity index (χ0n) is 24.6. The van der Waals surface area contributed by atoms with Gasteiger partial charge in [0.2, 0.25) is 11.8 Å². The van der Waals surface area contributed by atoms with Crippen LogP contribution >= 0.6 is 11.9 Å². The number of rotatable bonds is 13. The maximum Gasteiger partial charge on any atom is 0.335 e. The highest BCUT2D eigenvalue weighted by molar-refractivity contribution is 8.00. The number of ether oxygens (including phenoxy) is 3. The Hall–Kier alpha value is -3.18. The molecule has 1 aliphatic rings. The zero-order chi connectivity index (χ0) is 29.6. The van der Waals surface area contributed by atoms with E-state index in [2.05, 4.69) is 54.9 Å². The number of aryl methyl sites for hydroxylation is 2. The van der Waals surface area contributed by atoms with Crippen LogP contribution in [0.4, 0.5) is 5.95 Å². The predicted molar refractivity (Wildman–Crippen MR) is 161 cm³/mol. The third-order valence-electron chi connectivity index (χ3n) is 6.67. The Bertz CT molecular complexity index is 1330. The van der Waals surface area contributed by atoms with E-state index < -0.39 is 11.8 Å². The number of aromatic nitrogens is 2. The molecule has 2 aromatic carbocycles. The number of nitrogens with one attached hydrogen (secondary N) is 2. The summed E-state index contributed by atoms with van der Waals surface area (Å²) in [6.07, 6.45) is 0.911. The Balaban J connectivity index is 1.53. The Kier molecular flexibility index (Phi) is 10.2. The van der Waals surface area contributed by atoms with Crippen molar-refractivity contribution in [1.29, 1.82) is 0 Å². The molecule has 1 saturated heterocycles. The molecule has 2 heterocycles. The second kappa shape index (κ2) is 13.7. The predicted octanol–water partition coefficient (Wildman–Crippen LogP) is 6.11. The van der Waals surface area contributed by atoms with Crippen LogP contribution in [0.2, 0.25) is 0 Å². The fourth-order valence-corrected chi connectivity index (χ4v) is 5.45. The van der Waals surface area contributed by atoms with Crippen molar-refractivity contribution in [3.05, 3.63) is 65.2 Å². The van der Waals surface area contributed by atoms with Gasteiger partial charge in [0.15, 0.2) is 5.79 Å². The minimum atomic E-state index is -0.975. The molecule has 1 fully saturated rings. The number of carboxylic acid groups (broad SMARTS) is 1. The van der Waals surface area contributed by atoms with Crippen molar-refractivity contribution in [2.45, 2.75) is 70.8 Å². The number of hydrogen-bond acceptors (Lipinski definition) is 9. The summed E-state index contributed by atoms with van der Waals surface area (Å²) in [6.45, 7) is 14.0. The van der Waals surface area contributed by atoms with Crippen LogP contribution in [0.15, 0.2) is 53.4 Å². The second-order valence-corrected chi connectivity index (χ2v) is 12.1. The molecule has 3 aromatic rings. The van der Waals surface area contributed by atoms with Gasteiger partial charge in [-0.1, -0.05) is 38.1 Å². The lowest BCUT2D eigenvalue weighted by Crippen LogP contribution is -2.41. The highest BCUT2D eigenvalue weighted by Crippen LogP contribution is 2.30. The fraction of sp³-hybridized carbons (Fsp3) is 0.452. The molecule has 10 heteroatoms. The number of hydrogen-bond donors (Lipinski definition) is 3. The Labute approximate surface area is 246 Å². The number of anilines is 1. The summed E-state index contributed by atoms with van der Waals surface area (Å²) in [4.78, 5) is 21.6. The van der Waals surface area contributed by atoms with Gasteiger partial charge in [-0.2, -0.15) is 4.98 Å². The highest BCUT2D eigenvalue weighted by Gasteiger charge is 2.32. The molecule has 2 atom stereocenters. The van der Waals surface area contributed by atoms with Gasteiger partial charge in [0, 0.05) is 29.1 Å². The van der Waals surface area contributed by atoms with Gasteiger partial charge < -0.3 is 24.6 Å². The molecule has 0 spiro atoms. The van der Waals surface area contributed by atoms with E-state index in [4.69, 9.17) is 19.2 Å². The lowest BCUT2D eigenvalue weighted by molar-refractivity contribution is -0.138. The topological polar surface area (TPSA) is 115 Å². The largest absolute Gasteiger partial charge is 0.478 e. The third kappa shape index (κ3) is 8.90. The average molecular weight is 581 g/mol. The van der Waals surface area contributed by atoms with E-state index in [9.17, 15) is 9.90 Å². The Morgan fingerprint density at radius 2 is 1.88 bits per heavy atom. The first-order valence-corrected chi connectivity index (χ1v) is 14.7. The monoisotopic (exact) mass is 580 g/mol. The van der Waals surface area contributed by atoms with Crippen LogP contribution < -0.4 is 14.8 Å². The van der Waals surface area contributed by atoms with E-state index in [0.29, 0.717) is 37.5 Å². The molecule has 4 rings (SSSR count). The fourth-order valence-electron chi connectivity index (χ4n) is 4.82. The molecular weight excluding hydrogens is 540 g/mol. The molecule has 1 aliphatic heterocycles. The van der Waals surface area contributed by atoms with Gasteiger partial charge in [0.05, 0.1) is 24.0 Å². The third-order valence-corrected chi connectivity index (χ3v) is 7.45. The molecule has 0 aliphatic carbocycles. The van der Waals surface area contributed by atoms with Crippen LogP contribution in [-0.2, 0) is 9.47 Å². The van der Waals surface area contributed by atoms with Crippen LogP contribution in [0.3, 0.4) is 0 Å². The molecule has 0 unspecified atom stereocenters. The van der Waals surface area contributed by atoms with Crippen molar-refractivity contribution in [2.75, 3.05) is 24.5 Å². The molecule has 0 radical (unpaired) electrons. The van der Waals surface area contributed by atoms with Crippen molar-refractivity contribution in [3.8, 4) is 17.1 Å². The van der Waals surface area contributed by atoms with Crippen molar-refractivity contribution >= 4 is 23.9 Å². The van der Waals surface area contributed by atoms with E-state index in [1.54, 1.807) is 18.2 Å². The molecular formula is C31H40N4O5S. The quantitative estimate of drug-likeness (QED) is 0.205. The minimum Gasteiger partial charge on any atom is -0.478 e. The maximum absolute atomic E-state index is 11.4. The van der Waals surface area contributed by atoms with Gasteiger partial charge in [0.25, 0.3) is 0 Å². The summed E-state index contributed by atoms with van der Waals surface area (Å²) in [5.74, 6) is -0.233. The minimum absolute atomic E-state index is 0.0122. The molecule has 0 amide bonds. The van der Waals surface area contributed by atoms with E-state index in [-0.39, 0.29) is 17.7 Å². The number of carboxylic acids is 1. The molecule has 1 aromatic heterocycles. The normalized spacial score (nSPS) is 17.0. The lowest BCUT2D eigenvalue weighted by atomic mass is 10.00. The van der Waals surface area contributed by atoms with Gasteiger partial charge in [-0.05, 0) is 81.3 Å². The van der Waals surface area contributed by atoms with Crippen molar-refractivity contribution in [1.82, 2.24) is 15.3 Å². The maximum atomic E-state index is 11.4. The number of nitrogens with zero attached hydrogens (tertiary/aromatic N) is 2. The summed E-state index contributed by atoms with van der Waals surface area (Å²) in [5, 5.41) is 12.9. The Morgan fingerprint density at radius 3 is 2.54 bits per heavy atom. The first-order chi connectivity index (χ1) is 19.5. The van der Waals surface area contributed by atoms with E-state index in [1.165, 1.54) is 11.9 Å². The van der Waals surface area contributed by atoms with Crippen molar-refractivity contribution in [2.24, 2.45) is 5.92 Å². The molecule has 0 bridgehead atoms. The number of aromatic carboxylic acids is 1. The first-order valence-electron chi connectivity index (χ1n) is 13.9. The van der Waals surface area contributed by atoms with E-state index in [1.807, 2.05) is 32.0 Å². The van der Waals surface area contributed by atoms with Gasteiger partial charge in [-0.15, -0.1) is 0 Å². The molecule has 9 nitrogen and oxygen atoms in total. The number of benzene rings is 2. The van der Waals surface area contributed by atoms with Crippen LogP contribution in [0.5, 0.6) is 5.88 Å². The van der Waals surface area contributed by atoms with Gasteiger partial charge in [-0.3, -0.25) is 4.72 Å². The lowest BCUT2D eigenvalue weighted by Gasteiger charge is -2.23. The zero-order valence-corrected chi connectivity index (χ0v) is 25.4. The summed E-state index contributed by atoms with van der Waals surface area (Å²) in [6, 6.07) is 14.8. The second-order valence-electron chi connectivity index (χ2n) is 11.2. The standard InChI is InChI=1S/C31H40N4O5S/c1-19(2)13-23(32-16-24-18-39-31(5,6)40-24)17-38-27-15-26(28-20(3)9-7-10-21(28)4)33-30(34-27)35-41-25-12-8-11-22(14-25)29(36)37/h7-12,14-15,19,23-24,32H,13,16-18H2,1-6H3,(H,36,37)(H,33,34,35)/t23-,24-/m1/s1. The van der Waals surface area contributed by atoms with Crippen LogP contribution in [0, 0.1) is 19.8 Å². The van der Waals surface area contributed by atoms with Crippen LogP contribution in [0.1, 0.15) is 55.6 Å². The average Bonchev–Trinajstić information content (AvgIpc) is 3.27. The van der Waals surface area contributed by atoms with E-state index >= 15 is 0 Å². The smallest absolute Gasteiger partial charge is 0.335 e. The summed E-state index contributed by atoms with van der Waals surface area (Å²) >= 11 is 1.25. The SMILES string of the molecule is Cc1cccc(C)c1-c1cc(OC[C@@H](CC(C)C)NC[C@@H]2COC(C)(C)O2)nc(NSc2cccc(C(=O)O)c2)n1. The van der Waals surface area contributed by atoms with Gasteiger partial charge in [-0.25, -0.2) is 9.78 Å². The van der Waals surface area contributed by atoms with E-state index in [0.717, 1.165) is 33.7 Å². The van der Waals surface area contributed by atoms with Gasteiger partial charge in [0.1, 0.15) is 6.61 Å². The Morgan fingerprint density at radius 1 is 1.15 bits per heavy atom. The van der Waals surface area contributed by atoms with Crippen LogP contribution in [-0.4, -0.2) is 58.7 Å². The molecule has 220 valence electrons. The van der Waals surface area contributed by atoms with Crippen molar-refractivity contribution in [3.63, 3.8) is 0 Å². The highest BCUT2D eigenvalue weighted by atomic mass is 32.2. The summed E-state index contributed by atoms with van der Waals surface area (Å²) < 4.78 is 21.2. The first kappa shape index (κ1) is 30.8. The summed E-state index contributed by atoms with van der Waals surface area (Å²) in [5.41, 5.74) is 4.19. The summed E-state index contributed by atoms with van der Waals surface area (Å²) in [7, 11) is 0. The molecule has 41 heavy (non-hydrogen) atoms. The van der Waals surface area contributed by atoms with Crippen molar-refractivity contribution < 1.29 is 24.1 Å².